The molecule has 0 bridgehead atoms. The highest BCUT2D eigenvalue weighted by Crippen LogP contribution is 2.36. The molecule has 0 saturated heterocycles. The Kier molecular flexibility index (Phi) is 5.14. The SMILES string of the molecule is CC(C)C[C@H]1[C@H](CO)c2ccccc2CN1Cc1ccccc1. The first kappa shape index (κ1) is 16.2. The summed E-state index contributed by atoms with van der Waals surface area (Å²) in [4.78, 5) is 2.55. The summed E-state index contributed by atoms with van der Waals surface area (Å²) in [7, 11) is 0. The van der Waals surface area contributed by atoms with Crippen molar-refractivity contribution in [2.24, 2.45) is 5.92 Å². The molecule has 3 rings (SSSR count). The van der Waals surface area contributed by atoms with Crippen LogP contribution in [-0.2, 0) is 13.1 Å². The lowest BCUT2D eigenvalue weighted by Crippen LogP contribution is -2.44. The van der Waals surface area contributed by atoms with E-state index in [0.29, 0.717) is 12.0 Å². The van der Waals surface area contributed by atoms with Crippen molar-refractivity contribution in [2.45, 2.75) is 45.3 Å². The van der Waals surface area contributed by atoms with Crippen LogP contribution in [0.2, 0.25) is 0 Å². The standard InChI is InChI=1S/C21H27NO/c1-16(2)12-21-20(15-23)19-11-7-6-10-18(19)14-22(21)13-17-8-4-3-5-9-17/h3-11,16,20-21,23H,12-15H2,1-2H3/t20-,21+/m1/s1. The predicted molar refractivity (Wildman–Crippen MR) is 95.2 cm³/mol. The van der Waals surface area contributed by atoms with Gasteiger partial charge in [0.15, 0.2) is 0 Å². The van der Waals surface area contributed by atoms with Crippen LogP contribution < -0.4 is 0 Å². The molecule has 0 saturated carbocycles. The monoisotopic (exact) mass is 309 g/mol. The maximum absolute atomic E-state index is 10.1. The smallest absolute Gasteiger partial charge is 0.0514 e. The van der Waals surface area contributed by atoms with Gasteiger partial charge in [0.2, 0.25) is 0 Å². The Labute approximate surface area is 139 Å². The summed E-state index contributed by atoms with van der Waals surface area (Å²) in [6.45, 7) is 6.69. The van der Waals surface area contributed by atoms with Gasteiger partial charge in [-0.15, -0.1) is 0 Å². The molecular formula is C21H27NO. The minimum atomic E-state index is 0.214. The lowest BCUT2D eigenvalue weighted by Gasteiger charge is -2.43. The fraction of sp³-hybridized carbons (Fsp3) is 0.429. The molecule has 23 heavy (non-hydrogen) atoms. The van der Waals surface area contributed by atoms with Crippen molar-refractivity contribution in [3.63, 3.8) is 0 Å². The first-order valence-electron chi connectivity index (χ1n) is 8.65. The number of benzene rings is 2. The van der Waals surface area contributed by atoms with Gasteiger partial charge >= 0.3 is 0 Å². The third-order valence-electron chi connectivity index (χ3n) is 4.90. The second kappa shape index (κ2) is 7.29. The second-order valence-corrected chi connectivity index (χ2v) is 7.08. The van der Waals surface area contributed by atoms with Crippen LogP contribution in [0, 0.1) is 5.92 Å². The number of aliphatic hydroxyl groups is 1. The first-order chi connectivity index (χ1) is 11.2. The van der Waals surface area contributed by atoms with E-state index in [9.17, 15) is 5.11 Å². The fourth-order valence-corrected chi connectivity index (χ4v) is 3.85. The van der Waals surface area contributed by atoms with E-state index in [1.807, 2.05) is 0 Å². The van der Waals surface area contributed by atoms with Crippen LogP contribution in [0.3, 0.4) is 0 Å². The Balaban J connectivity index is 1.92. The van der Waals surface area contributed by atoms with Gasteiger partial charge in [-0.1, -0.05) is 68.4 Å². The Morgan fingerprint density at radius 1 is 1.04 bits per heavy atom. The molecule has 2 atom stereocenters. The van der Waals surface area contributed by atoms with E-state index in [1.165, 1.54) is 16.7 Å². The zero-order chi connectivity index (χ0) is 16.2. The third kappa shape index (κ3) is 3.65. The van der Waals surface area contributed by atoms with Gasteiger partial charge < -0.3 is 5.11 Å². The lowest BCUT2D eigenvalue weighted by molar-refractivity contribution is 0.0887. The zero-order valence-corrected chi connectivity index (χ0v) is 14.2. The Morgan fingerprint density at radius 3 is 2.43 bits per heavy atom. The molecule has 0 fully saturated rings. The molecule has 0 aromatic heterocycles. The van der Waals surface area contributed by atoms with Crippen molar-refractivity contribution in [1.82, 2.24) is 4.90 Å². The second-order valence-electron chi connectivity index (χ2n) is 7.08. The van der Waals surface area contributed by atoms with Gasteiger partial charge in [-0.3, -0.25) is 4.90 Å². The van der Waals surface area contributed by atoms with Gasteiger partial charge in [-0.2, -0.15) is 0 Å². The van der Waals surface area contributed by atoms with Crippen molar-refractivity contribution in [3.05, 3.63) is 71.3 Å². The van der Waals surface area contributed by atoms with Gasteiger partial charge in [0.1, 0.15) is 0 Å². The highest BCUT2D eigenvalue weighted by Gasteiger charge is 2.34. The van der Waals surface area contributed by atoms with Gasteiger partial charge in [0.25, 0.3) is 0 Å². The largest absolute Gasteiger partial charge is 0.396 e. The van der Waals surface area contributed by atoms with Crippen molar-refractivity contribution in [1.29, 1.82) is 0 Å². The van der Waals surface area contributed by atoms with Crippen molar-refractivity contribution in [2.75, 3.05) is 6.61 Å². The summed E-state index contributed by atoms with van der Waals surface area (Å²) in [5, 5.41) is 10.1. The van der Waals surface area contributed by atoms with Crippen LogP contribution in [0.15, 0.2) is 54.6 Å². The number of nitrogens with zero attached hydrogens (tertiary/aromatic N) is 1. The molecular weight excluding hydrogens is 282 g/mol. The minimum absolute atomic E-state index is 0.214. The van der Waals surface area contributed by atoms with E-state index in [4.69, 9.17) is 0 Å². The average Bonchev–Trinajstić information content (AvgIpc) is 2.56. The number of hydrogen-bond donors (Lipinski definition) is 1. The lowest BCUT2D eigenvalue weighted by atomic mass is 9.80. The third-order valence-corrected chi connectivity index (χ3v) is 4.90. The summed E-state index contributed by atoms with van der Waals surface area (Å²) in [5.41, 5.74) is 4.05. The highest BCUT2D eigenvalue weighted by atomic mass is 16.3. The van der Waals surface area contributed by atoms with E-state index >= 15 is 0 Å². The van der Waals surface area contributed by atoms with E-state index in [0.717, 1.165) is 19.5 Å². The predicted octanol–water partition coefficient (Wildman–Crippen LogP) is 4.19. The zero-order valence-electron chi connectivity index (χ0n) is 14.2. The van der Waals surface area contributed by atoms with E-state index in [2.05, 4.69) is 73.3 Å². The topological polar surface area (TPSA) is 23.5 Å². The molecule has 2 nitrogen and oxygen atoms in total. The molecule has 0 amide bonds. The van der Waals surface area contributed by atoms with Crippen LogP contribution in [0.4, 0.5) is 0 Å². The fourth-order valence-electron chi connectivity index (χ4n) is 3.85. The van der Waals surface area contributed by atoms with Gasteiger partial charge in [0, 0.05) is 25.0 Å². The molecule has 0 spiro atoms. The summed E-state index contributed by atoms with van der Waals surface area (Å²) < 4.78 is 0. The molecule has 122 valence electrons. The molecule has 1 aliphatic heterocycles. The van der Waals surface area contributed by atoms with Gasteiger partial charge in [0.05, 0.1) is 6.61 Å². The molecule has 0 aliphatic carbocycles. The normalized spacial score (nSPS) is 21.4. The van der Waals surface area contributed by atoms with Crippen molar-refractivity contribution < 1.29 is 5.11 Å². The van der Waals surface area contributed by atoms with Crippen molar-refractivity contribution in [3.8, 4) is 0 Å². The van der Waals surface area contributed by atoms with Crippen LogP contribution >= 0.6 is 0 Å². The number of rotatable bonds is 5. The molecule has 2 aromatic carbocycles. The Morgan fingerprint density at radius 2 is 1.74 bits per heavy atom. The molecule has 2 aromatic rings. The minimum Gasteiger partial charge on any atom is -0.396 e. The maximum atomic E-state index is 10.1. The summed E-state index contributed by atoms with van der Waals surface area (Å²) in [6, 6.07) is 19.7. The Hall–Kier alpha value is -1.64. The maximum Gasteiger partial charge on any atom is 0.0514 e. The van der Waals surface area contributed by atoms with E-state index < -0.39 is 0 Å². The molecule has 0 radical (unpaired) electrons. The van der Waals surface area contributed by atoms with E-state index in [1.54, 1.807) is 0 Å². The Bertz CT molecular complexity index is 623. The first-order valence-corrected chi connectivity index (χ1v) is 8.65. The molecule has 1 N–H and O–H groups in total. The van der Waals surface area contributed by atoms with Gasteiger partial charge in [-0.05, 0) is 29.0 Å². The molecule has 0 unspecified atom stereocenters. The van der Waals surface area contributed by atoms with E-state index in [-0.39, 0.29) is 12.5 Å². The highest BCUT2D eigenvalue weighted by molar-refractivity contribution is 5.34. The van der Waals surface area contributed by atoms with Gasteiger partial charge in [-0.25, -0.2) is 0 Å². The number of fused-ring (bicyclic) bond motifs is 1. The van der Waals surface area contributed by atoms with Crippen LogP contribution in [0.1, 0.15) is 42.9 Å². The average molecular weight is 309 g/mol. The van der Waals surface area contributed by atoms with Crippen molar-refractivity contribution >= 4 is 0 Å². The summed E-state index contributed by atoms with van der Waals surface area (Å²) >= 11 is 0. The van der Waals surface area contributed by atoms with Crippen LogP contribution in [0.25, 0.3) is 0 Å². The number of aliphatic hydroxyl groups excluding tert-OH is 1. The molecule has 1 heterocycles. The molecule has 1 aliphatic rings. The summed E-state index contributed by atoms with van der Waals surface area (Å²) in [6.07, 6.45) is 1.12. The quantitative estimate of drug-likeness (QED) is 0.895. The van der Waals surface area contributed by atoms with Crippen LogP contribution in [0.5, 0.6) is 0 Å². The number of hydrogen-bond acceptors (Lipinski definition) is 2. The van der Waals surface area contributed by atoms with Crippen LogP contribution in [-0.4, -0.2) is 22.7 Å². The molecule has 2 heteroatoms. The summed E-state index contributed by atoms with van der Waals surface area (Å²) in [5.74, 6) is 0.837.